The number of carbonyl (C=O) groups excluding carboxylic acids is 2. The fourth-order valence-corrected chi connectivity index (χ4v) is 3.49. The monoisotopic (exact) mass is 376 g/mol. The van der Waals surface area contributed by atoms with Gasteiger partial charge in [-0.05, 0) is 25.0 Å². The van der Waals surface area contributed by atoms with Gasteiger partial charge >= 0.3 is 0 Å². The summed E-state index contributed by atoms with van der Waals surface area (Å²) in [4.78, 5) is 23.4. The molecule has 0 saturated carbocycles. The molecule has 1 fully saturated rings. The molecule has 9 nitrogen and oxygen atoms in total. The molecular formula is C16H16N4O5S. The molecule has 2 aliphatic rings. The van der Waals surface area contributed by atoms with E-state index in [9.17, 15) is 9.59 Å². The van der Waals surface area contributed by atoms with E-state index in [0.717, 1.165) is 24.5 Å². The summed E-state index contributed by atoms with van der Waals surface area (Å²) in [5.74, 6) is 0.433. The number of hydrogen-bond acceptors (Lipinski definition) is 8. The van der Waals surface area contributed by atoms with Gasteiger partial charge < -0.3 is 19.5 Å². The summed E-state index contributed by atoms with van der Waals surface area (Å²) in [6.45, 7) is 0.528. The van der Waals surface area contributed by atoms with Crippen molar-refractivity contribution < 1.29 is 23.8 Å². The molecule has 1 saturated heterocycles. The zero-order chi connectivity index (χ0) is 17.9. The van der Waals surface area contributed by atoms with Crippen LogP contribution in [0.3, 0.4) is 0 Å². The summed E-state index contributed by atoms with van der Waals surface area (Å²) in [6.07, 6.45) is 1.90. The number of amides is 2. The third-order valence-electron chi connectivity index (χ3n) is 3.85. The minimum atomic E-state index is -0.349. The molecule has 1 aromatic carbocycles. The Morgan fingerprint density at radius 2 is 2.35 bits per heavy atom. The van der Waals surface area contributed by atoms with Crippen molar-refractivity contribution >= 4 is 34.0 Å². The minimum absolute atomic E-state index is 0.00859. The molecule has 2 aliphatic heterocycles. The Morgan fingerprint density at radius 1 is 1.42 bits per heavy atom. The van der Waals surface area contributed by atoms with Crippen molar-refractivity contribution in [1.82, 2.24) is 10.2 Å². The van der Waals surface area contributed by atoms with Gasteiger partial charge in [-0.25, -0.2) is 0 Å². The lowest BCUT2D eigenvalue weighted by Crippen LogP contribution is -2.25. The Labute approximate surface area is 152 Å². The first-order valence-electron chi connectivity index (χ1n) is 8.12. The molecule has 10 heteroatoms. The number of rotatable bonds is 5. The Balaban J connectivity index is 1.31. The zero-order valence-electron chi connectivity index (χ0n) is 13.7. The quantitative estimate of drug-likeness (QED) is 0.817. The molecule has 26 heavy (non-hydrogen) atoms. The van der Waals surface area contributed by atoms with Crippen molar-refractivity contribution in [1.29, 1.82) is 0 Å². The number of anilines is 2. The average Bonchev–Trinajstić information content (AvgIpc) is 3.31. The lowest BCUT2D eigenvalue weighted by Gasteiger charge is -2.18. The van der Waals surface area contributed by atoms with Gasteiger partial charge in [0.15, 0.2) is 13.2 Å². The van der Waals surface area contributed by atoms with Crippen LogP contribution in [0.4, 0.5) is 10.8 Å². The van der Waals surface area contributed by atoms with Crippen molar-refractivity contribution in [3.63, 3.8) is 0 Å². The predicted molar refractivity (Wildman–Crippen MR) is 92.5 cm³/mol. The van der Waals surface area contributed by atoms with E-state index >= 15 is 0 Å². The molecular weight excluding hydrogens is 360 g/mol. The minimum Gasteiger partial charge on any atom is -0.484 e. The maximum atomic E-state index is 12.0. The van der Waals surface area contributed by atoms with E-state index in [0.29, 0.717) is 22.3 Å². The second kappa shape index (κ2) is 7.26. The molecule has 0 spiro atoms. The molecule has 0 bridgehead atoms. The van der Waals surface area contributed by atoms with E-state index in [-0.39, 0.29) is 31.1 Å². The second-order valence-electron chi connectivity index (χ2n) is 5.78. The maximum absolute atomic E-state index is 12.0. The normalized spacial score (nSPS) is 18.6. The molecule has 136 valence electrons. The van der Waals surface area contributed by atoms with Crippen LogP contribution in [0.25, 0.3) is 0 Å². The number of nitrogens with zero attached hydrogens (tertiary/aromatic N) is 2. The van der Waals surface area contributed by atoms with Crippen LogP contribution >= 0.6 is 11.3 Å². The molecule has 1 unspecified atom stereocenters. The van der Waals surface area contributed by atoms with Gasteiger partial charge in [0.1, 0.15) is 22.6 Å². The molecule has 1 atom stereocenters. The summed E-state index contributed by atoms with van der Waals surface area (Å²) < 4.78 is 16.3. The second-order valence-corrected chi connectivity index (χ2v) is 6.79. The molecule has 2 N–H and O–H groups in total. The number of hydrogen-bond donors (Lipinski definition) is 2. The Hall–Kier alpha value is -2.72. The first kappa shape index (κ1) is 16.7. The van der Waals surface area contributed by atoms with Crippen LogP contribution in [-0.2, 0) is 14.3 Å². The van der Waals surface area contributed by atoms with Crippen molar-refractivity contribution in [3.8, 4) is 11.5 Å². The molecule has 0 radical (unpaired) electrons. The Morgan fingerprint density at radius 3 is 3.19 bits per heavy atom. The summed E-state index contributed by atoms with van der Waals surface area (Å²) in [6, 6.07) is 4.96. The SMILES string of the molecule is O=C(COc1ccc2c(c1)NC(=O)CO2)Nc1nnc(C2CCCO2)s1. The van der Waals surface area contributed by atoms with E-state index in [1.165, 1.54) is 11.3 Å². The molecule has 3 heterocycles. The average molecular weight is 376 g/mol. The van der Waals surface area contributed by atoms with Crippen LogP contribution in [-0.4, -0.2) is 41.8 Å². The third-order valence-corrected chi connectivity index (χ3v) is 4.78. The molecule has 2 amide bonds. The van der Waals surface area contributed by atoms with Crippen molar-refractivity contribution in [2.75, 3.05) is 30.5 Å². The summed E-state index contributed by atoms with van der Waals surface area (Å²) in [5.41, 5.74) is 0.518. The van der Waals surface area contributed by atoms with E-state index in [2.05, 4.69) is 20.8 Å². The highest BCUT2D eigenvalue weighted by molar-refractivity contribution is 7.15. The van der Waals surface area contributed by atoms with Gasteiger partial charge in [0.05, 0.1) is 5.69 Å². The standard InChI is InChI=1S/C16H16N4O5S/c21-13-8-25-11-4-3-9(6-10(11)17-13)24-7-14(22)18-16-20-19-15(26-16)12-2-1-5-23-12/h3-4,6,12H,1-2,5,7-8H2,(H,17,21)(H,18,20,22). The number of benzene rings is 1. The number of ether oxygens (including phenoxy) is 3. The van der Waals surface area contributed by atoms with Crippen molar-refractivity contribution in [2.24, 2.45) is 0 Å². The van der Waals surface area contributed by atoms with Gasteiger partial charge in [-0.2, -0.15) is 0 Å². The van der Waals surface area contributed by atoms with Gasteiger partial charge in [-0.3, -0.25) is 14.9 Å². The van der Waals surface area contributed by atoms with E-state index in [1.54, 1.807) is 18.2 Å². The topological polar surface area (TPSA) is 112 Å². The zero-order valence-corrected chi connectivity index (χ0v) is 14.5. The Kier molecular flexibility index (Phi) is 4.67. The van der Waals surface area contributed by atoms with Crippen LogP contribution in [0.1, 0.15) is 24.0 Å². The number of carbonyl (C=O) groups is 2. The number of fused-ring (bicyclic) bond motifs is 1. The smallest absolute Gasteiger partial charge is 0.264 e. The van der Waals surface area contributed by atoms with Gasteiger partial charge in [-0.15, -0.1) is 10.2 Å². The van der Waals surface area contributed by atoms with Gasteiger partial charge in [0, 0.05) is 12.7 Å². The molecule has 2 aromatic rings. The van der Waals surface area contributed by atoms with Crippen LogP contribution in [0, 0.1) is 0 Å². The van der Waals surface area contributed by atoms with Gasteiger partial charge in [0.25, 0.3) is 11.8 Å². The third kappa shape index (κ3) is 3.75. The highest BCUT2D eigenvalue weighted by atomic mass is 32.1. The molecule has 1 aromatic heterocycles. The Bertz CT molecular complexity index is 834. The maximum Gasteiger partial charge on any atom is 0.264 e. The largest absolute Gasteiger partial charge is 0.484 e. The fraction of sp³-hybridized carbons (Fsp3) is 0.375. The van der Waals surface area contributed by atoms with Crippen molar-refractivity contribution in [2.45, 2.75) is 18.9 Å². The lowest BCUT2D eigenvalue weighted by molar-refractivity contribution is -0.119. The summed E-state index contributed by atoms with van der Waals surface area (Å²) in [5, 5.41) is 14.5. The number of aromatic nitrogens is 2. The first-order valence-corrected chi connectivity index (χ1v) is 8.93. The van der Waals surface area contributed by atoms with Gasteiger partial charge in [0.2, 0.25) is 5.13 Å². The highest BCUT2D eigenvalue weighted by Crippen LogP contribution is 2.32. The molecule has 4 rings (SSSR count). The van der Waals surface area contributed by atoms with Crippen LogP contribution < -0.4 is 20.1 Å². The molecule has 0 aliphatic carbocycles. The van der Waals surface area contributed by atoms with Crippen molar-refractivity contribution in [3.05, 3.63) is 23.2 Å². The fourth-order valence-electron chi connectivity index (χ4n) is 2.64. The summed E-state index contributed by atoms with van der Waals surface area (Å²) in [7, 11) is 0. The van der Waals surface area contributed by atoms with E-state index in [4.69, 9.17) is 14.2 Å². The van der Waals surface area contributed by atoms with Gasteiger partial charge in [-0.1, -0.05) is 11.3 Å². The van der Waals surface area contributed by atoms with Crippen LogP contribution in [0.5, 0.6) is 11.5 Å². The lowest BCUT2D eigenvalue weighted by atomic mass is 10.2. The van der Waals surface area contributed by atoms with Crippen LogP contribution in [0.15, 0.2) is 18.2 Å². The van der Waals surface area contributed by atoms with Crippen LogP contribution in [0.2, 0.25) is 0 Å². The van der Waals surface area contributed by atoms with E-state index in [1.807, 2.05) is 0 Å². The highest BCUT2D eigenvalue weighted by Gasteiger charge is 2.22. The predicted octanol–water partition coefficient (Wildman–Crippen LogP) is 1.74. The number of nitrogens with one attached hydrogen (secondary N) is 2. The summed E-state index contributed by atoms with van der Waals surface area (Å²) >= 11 is 1.30. The first-order chi connectivity index (χ1) is 12.7. The van der Waals surface area contributed by atoms with E-state index < -0.39 is 0 Å².